The molecule has 1 amide bonds. The first-order valence-corrected chi connectivity index (χ1v) is 7.79. The Morgan fingerprint density at radius 2 is 2.14 bits per heavy atom. The largest absolute Gasteiger partial charge is 0.361 e. The first-order valence-electron chi connectivity index (χ1n) is 7.79. The Bertz CT molecular complexity index is 632. The van der Waals surface area contributed by atoms with Crippen LogP contribution < -0.4 is 0 Å². The molecular formula is C17H21N3O2. The molecule has 0 N–H and O–H groups in total. The van der Waals surface area contributed by atoms with Crippen LogP contribution in [0.15, 0.2) is 29.0 Å². The lowest BCUT2D eigenvalue weighted by atomic mass is 10.0. The van der Waals surface area contributed by atoms with Gasteiger partial charge in [-0.25, -0.2) is 0 Å². The number of pyridine rings is 1. The fourth-order valence-electron chi connectivity index (χ4n) is 3.22. The minimum atomic E-state index is 0.0634. The molecular weight excluding hydrogens is 278 g/mol. The monoisotopic (exact) mass is 299 g/mol. The zero-order valence-corrected chi connectivity index (χ0v) is 13.1. The van der Waals surface area contributed by atoms with Crippen molar-refractivity contribution in [2.45, 2.75) is 45.6 Å². The van der Waals surface area contributed by atoms with Crippen molar-refractivity contribution in [3.8, 4) is 0 Å². The van der Waals surface area contributed by atoms with Gasteiger partial charge in [-0.05, 0) is 57.2 Å². The van der Waals surface area contributed by atoms with Crippen molar-refractivity contribution in [2.75, 3.05) is 6.54 Å². The van der Waals surface area contributed by atoms with Gasteiger partial charge < -0.3 is 9.42 Å². The number of aromatic nitrogens is 2. The van der Waals surface area contributed by atoms with E-state index >= 15 is 0 Å². The van der Waals surface area contributed by atoms with Gasteiger partial charge in [-0.15, -0.1) is 0 Å². The Labute approximate surface area is 130 Å². The van der Waals surface area contributed by atoms with Gasteiger partial charge in [-0.3, -0.25) is 9.78 Å². The smallest absolute Gasteiger partial charge is 0.259 e. The average molecular weight is 299 g/mol. The summed E-state index contributed by atoms with van der Waals surface area (Å²) in [6.07, 6.45) is 7.72. The Kier molecular flexibility index (Phi) is 4.22. The standard InChI is InChI=1S/C17H21N3O2/c1-12-16(13(2)22-19-12)17(21)20-11-3-4-15(20)6-5-14-7-9-18-10-8-14/h7-10,15H,3-6,11H2,1-2H3/t15-/m0/s1. The molecule has 1 fully saturated rings. The van der Waals surface area contributed by atoms with E-state index in [0.29, 0.717) is 23.1 Å². The van der Waals surface area contributed by atoms with Crippen LogP contribution in [0.5, 0.6) is 0 Å². The van der Waals surface area contributed by atoms with E-state index in [1.54, 1.807) is 6.92 Å². The van der Waals surface area contributed by atoms with E-state index in [0.717, 1.165) is 32.2 Å². The van der Waals surface area contributed by atoms with Gasteiger partial charge in [-0.1, -0.05) is 5.16 Å². The highest BCUT2D eigenvalue weighted by Crippen LogP contribution is 2.26. The molecule has 5 heteroatoms. The van der Waals surface area contributed by atoms with Crippen molar-refractivity contribution in [3.05, 3.63) is 47.1 Å². The highest BCUT2D eigenvalue weighted by atomic mass is 16.5. The van der Waals surface area contributed by atoms with Crippen molar-refractivity contribution in [1.29, 1.82) is 0 Å². The van der Waals surface area contributed by atoms with Gasteiger partial charge in [0.1, 0.15) is 11.3 Å². The molecule has 22 heavy (non-hydrogen) atoms. The number of hydrogen-bond donors (Lipinski definition) is 0. The first-order chi connectivity index (χ1) is 10.7. The number of carbonyl (C=O) groups excluding carboxylic acids is 1. The highest BCUT2D eigenvalue weighted by Gasteiger charge is 2.32. The number of carbonyl (C=O) groups is 1. The Morgan fingerprint density at radius 1 is 1.36 bits per heavy atom. The molecule has 0 spiro atoms. The van der Waals surface area contributed by atoms with E-state index in [4.69, 9.17) is 4.52 Å². The Balaban J connectivity index is 1.69. The maximum absolute atomic E-state index is 12.8. The molecule has 0 unspecified atom stereocenters. The second-order valence-electron chi connectivity index (χ2n) is 5.89. The third-order valence-corrected chi connectivity index (χ3v) is 4.40. The van der Waals surface area contributed by atoms with Gasteiger partial charge >= 0.3 is 0 Å². The zero-order chi connectivity index (χ0) is 15.5. The summed E-state index contributed by atoms with van der Waals surface area (Å²) in [4.78, 5) is 18.8. The van der Waals surface area contributed by atoms with Crippen molar-refractivity contribution < 1.29 is 9.32 Å². The Hall–Kier alpha value is -2.17. The summed E-state index contributed by atoms with van der Waals surface area (Å²) in [6.45, 7) is 4.45. The van der Waals surface area contributed by atoms with Crippen LogP contribution in [0.2, 0.25) is 0 Å². The molecule has 0 aliphatic carbocycles. The molecule has 5 nitrogen and oxygen atoms in total. The number of likely N-dealkylation sites (tertiary alicyclic amines) is 1. The lowest BCUT2D eigenvalue weighted by Crippen LogP contribution is -2.36. The number of nitrogens with zero attached hydrogens (tertiary/aromatic N) is 3. The summed E-state index contributed by atoms with van der Waals surface area (Å²) < 4.78 is 5.14. The predicted octanol–water partition coefficient (Wildman–Crippen LogP) is 2.92. The van der Waals surface area contributed by atoms with E-state index in [1.165, 1.54) is 5.56 Å². The second kappa shape index (κ2) is 6.30. The van der Waals surface area contributed by atoms with Crippen LogP contribution in [-0.2, 0) is 6.42 Å². The molecule has 0 radical (unpaired) electrons. The van der Waals surface area contributed by atoms with Gasteiger partial charge in [0.25, 0.3) is 5.91 Å². The summed E-state index contributed by atoms with van der Waals surface area (Å²) in [5, 5.41) is 3.90. The fraction of sp³-hybridized carbons (Fsp3) is 0.471. The van der Waals surface area contributed by atoms with Crippen LogP contribution in [-0.4, -0.2) is 33.5 Å². The molecule has 3 rings (SSSR count). The molecule has 0 bridgehead atoms. The van der Waals surface area contributed by atoms with Crippen molar-refractivity contribution in [1.82, 2.24) is 15.0 Å². The van der Waals surface area contributed by atoms with Crippen molar-refractivity contribution in [3.63, 3.8) is 0 Å². The molecule has 1 aliphatic rings. The summed E-state index contributed by atoms with van der Waals surface area (Å²) in [5.74, 6) is 0.677. The SMILES string of the molecule is Cc1noc(C)c1C(=O)N1CCC[C@H]1CCc1ccncc1. The molecule has 1 aliphatic heterocycles. The topological polar surface area (TPSA) is 59.2 Å². The second-order valence-corrected chi connectivity index (χ2v) is 5.89. The van der Waals surface area contributed by atoms with E-state index in [9.17, 15) is 4.79 Å². The summed E-state index contributed by atoms with van der Waals surface area (Å²) >= 11 is 0. The molecule has 0 saturated carbocycles. The van der Waals surface area contributed by atoms with Crippen LogP contribution in [0.25, 0.3) is 0 Å². The van der Waals surface area contributed by atoms with Gasteiger partial charge in [0.15, 0.2) is 0 Å². The van der Waals surface area contributed by atoms with Crippen LogP contribution in [0.4, 0.5) is 0 Å². The molecule has 3 heterocycles. The fourth-order valence-corrected chi connectivity index (χ4v) is 3.22. The van der Waals surface area contributed by atoms with Gasteiger partial charge in [0.05, 0.1) is 5.69 Å². The third-order valence-electron chi connectivity index (χ3n) is 4.40. The Morgan fingerprint density at radius 3 is 2.82 bits per heavy atom. The van der Waals surface area contributed by atoms with E-state index in [-0.39, 0.29) is 5.91 Å². The van der Waals surface area contributed by atoms with E-state index in [1.807, 2.05) is 36.4 Å². The average Bonchev–Trinajstić information content (AvgIpc) is 3.12. The molecule has 1 atom stereocenters. The first kappa shape index (κ1) is 14.8. The van der Waals surface area contributed by atoms with E-state index in [2.05, 4.69) is 10.1 Å². The predicted molar refractivity (Wildman–Crippen MR) is 82.6 cm³/mol. The minimum Gasteiger partial charge on any atom is -0.361 e. The summed E-state index contributed by atoms with van der Waals surface area (Å²) in [5.41, 5.74) is 2.59. The number of rotatable bonds is 4. The lowest BCUT2D eigenvalue weighted by molar-refractivity contribution is 0.0728. The normalized spacial score (nSPS) is 17.9. The van der Waals surface area contributed by atoms with Crippen molar-refractivity contribution in [2.24, 2.45) is 0 Å². The molecule has 2 aromatic heterocycles. The molecule has 0 aromatic carbocycles. The quantitative estimate of drug-likeness (QED) is 0.871. The number of amides is 1. The summed E-state index contributed by atoms with van der Waals surface area (Å²) in [6, 6.07) is 4.37. The maximum Gasteiger partial charge on any atom is 0.259 e. The third kappa shape index (κ3) is 2.89. The summed E-state index contributed by atoms with van der Waals surface area (Å²) in [7, 11) is 0. The van der Waals surface area contributed by atoms with Gasteiger partial charge in [-0.2, -0.15) is 0 Å². The van der Waals surface area contributed by atoms with Crippen LogP contribution >= 0.6 is 0 Å². The van der Waals surface area contributed by atoms with Crippen molar-refractivity contribution >= 4 is 5.91 Å². The zero-order valence-electron chi connectivity index (χ0n) is 13.1. The number of aryl methyl sites for hydroxylation is 3. The maximum atomic E-state index is 12.8. The van der Waals surface area contributed by atoms with Crippen LogP contribution in [0, 0.1) is 13.8 Å². The minimum absolute atomic E-state index is 0.0634. The molecule has 2 aromatic rings. The van der Waals surface area contributed by atoms with Gasteiger partial charge in [0, 0.05) is 25.0 Å². The van der Waals surface area contributed by atoms with Crippen LogP contribution in [0.3, 0.4) is 0 Å². The lowest BCUT2D eigenvalue weighted by Gasteiger charge is -2.24. The van der Waals surface area contributed by atoms with Crippen LogP contribution in [0.1, 0.15) is 46.6 Å². The van der Waals surface area contributed by atoms with Gasteiger partial charge in [0.2, 0.25) is 0 Å². The van der Waals surface area contributed by atoms with E-state index < -0.39 is 0 Å². The number of hydrogen-bond acceptors (Lipinski definition) is 4. The molecule has 1 saturated heterocycles. The highest BCUT2D eigenvalue weighted by molar-refractivity contribution is 5.96. The molecule has 116 valence electrons.